The number of carbonyl (C=O) groups is 2. The quantitative estimate of drug-likeness (QED) is 0.0326. The maximum absolute atomic E-state index is 13.9. The number of ether oxygens (including phenoxy) is 4. The normalized spacial score (nSPS) is 15.5. The molecule has 4 aromatic carbocycles. The third kappa shape index (κ3) is 6.79. The highest BCUT2D eigenvalue weighted by Gasteiger charge is 2.48. The van der Waals surface area contributed by atoms with E-state index in [1.807, 2.05) is 18.2 Å². The van der Waals surface area contributed by atoms with Crippen LogP contribution in [0.15, 0.2) is 88.8 Å². The lowest BCUT2D eigenvalue weighted by Gasteiger charge is -2.23. The summed E-state index contributed by atoms with van der Waals surface area (Å²) in [5, 5.41) is 23.0. The molecule has 6 rings (SSSR count). The smallest absolute Gasteiger partial charge is 0.301 e. The molecule has 0 saturated carbocycles. The Morgan fingerprint density at radius 3 is 2.39 bits per heavy atom. The highest BCUT2D eigenvalue weighted by Crippen LogP contribution is 2.46. The van der Waals surface area contributed by atoms with Crippen molar-refractivity contribution in [3.05, 3.63) is 101 Å². The van der Waals surface area contributed by atoms with E-state index in [9.17, 15) is 14.7 Å². The molecule has 0 radical (unpaired) electrons. The zero-order valence-electron chi connectivity index (χ0n) is 27.5. The molecule has 5 aromatic rings. The molecule has 1 N–H and O–H groups in total. The number of aliphatic hydroxyl groups excluding tert-OH is 1. The summed E-state index contributed by atoms with van der Waals surface area (Å²) in [7, 11) is 4.50. The van der Waals surface area contributed by atoms with Crippen LogP contribution in [0.25, 0.3) is 16.5 Å². The molecule has 0 bridgehead atoms. The number of unbranched alkanes of at least 4 members (excludes halogenated alkanes) is 1. The summed E-state index contributed by atoms with van der Waals surface area (Å²) < 4.78 is 23.0. The van der Waals surface area contributed by atoms with E-state index in [0.717, 1.165) is 29.2 Å². The van der Waals surface area contributed by atoms with E-state index in [-0.39, 0.29) is 22.0 Å². The number of ketones is 1. The van der Waals surface area contributed by atoms with Gasteiger partial charge in [0.1, 0.15) is 5.76 Å². The topological polar surface area (TPSA) is 120 Å². The molecule has 1 saturated heterocycles. The van der Waals surface area contributed by atoms with Crippen molar-refractivity contribution in [2.24, 2.45) is 0 Å². The Hall–Kier alpha value is -5.07. The number of benzene rings is 4. The summed E-state index contributed by atoms with van der Waals surface area (Å²) in [5.41, 5.74) is 1.82. The predicted molar refractivity (Wildman–Crippen MR) is 191 cm³/mol. The molecule has 2 heterocycles. The summed E-state index contributed by atoms with van der Waals surface area (Å²) in [6, 6.07) is 23.3. The standard InChI is InChI=1S/C37H35N3O7S2/c1-5-6-18-47-28-17-14-23(19-30(28)46-4)32-31(33(41)24-15-16-27(44-2)29(20-24)45-3)34(42)35(43)40(32)36-38-39-37(49-36)48-21-25-12-9-11-22-10-7-8-13-26(22)25/h7-17,19-20,32,41H,5-6,18,21H2,1-4H3. The summed E-state index contributed by atoms with van der Waals surface area (Å²) in [5.74, 6) is 0.313. The molecule has 0 spiro atoms. The number of carbonyl (C=O) groups excluding carboxylic acids is 2. The van der Waals surface area contributed by atoms with Gasteiger partial charge in [-0.2, -0.15) is 0 Å². The minimum absolute atomic E-state index is 0.112. The number of thioether (sulfide) groups is 1. The van der Waals surface area contributed by atoms with Crippen molar-refractivity contribution in [2.45, 2.75) is 35.9 Å². The number of aromatic nitrogens is 2. The van der Waals surface area contributed by atoms with Crippen molar-refractivity contribution >= 4 is 56.5 Å². The van der Waals surface area contributed by atoms with Gasteiger partial charge in [0.2, 0.25) is 5.13 Å². The van der Waals surface area contributed by atoms with Gasteiger partial charge in [-0.3, -0.25) is 14.5 Å². The van der Waals surface area contributed by atoms with Gasteiger partial charge >= 0.3 is 5.91 Å². The zero-order chi connectivity index (χ0) is 34.5. The Morgan fingerprint density at radius 1 is 0.878 bits per heavy atom. The molecule has 1 atom stereocenters. The minimum atomic E-state index is -1.05. The second-order valence-electron chi connectivity index (χ2n) is 11.1. The highest BCUT2D eigenvalue weighted by atomic mass is 32.2. The van der Waals surface area contributed by atoms with E-state index < -0.39 is 17.7 Å². The van der Waals surface area contributed by atoms with Crippen LogP contribution in [0.2, 0.25) is 0 Å². The molecular weight excluding hydrogens is 663 g/mol. The Bertz CT molecular complexity index is 2040. The maximum atomic E-state index is 13.9. The summed E-state index contributed by atoms with van der Waals surface area (Å²) >= 11 is 2.70. The molecule has 1 aliphatic heterocycles. The fourth-order valence-corrected chi connectivity index (χ4v) is 7.57. The molecule has 1 aliphatic rings. The molecule has 252 valence electrons. The van der Waals surface area contributed by atoms with Crippen LogP contribution in [0.4, 0.5) is 5.13 Å². The van der Waals surface area contributed by atoms with Gasteiger partial charge < -0.3 is 24.1 Å². The largest absolute Gasteiger partial charge is 0.507 e. The van der Waals surface area contributed by atoms with E-state index in [4.69, 9.17) is 18.9 Å². The van der Waals surface area contributed by atoms with Gasteiger partial charge in [-0.05, 0) is 58.7 Å². The van der Waals surface area contributed by atoms with Crippen molar-refractivity contribution in [1.29, 1.82) is 0 Å². The number of methoxy groups -OCH3 is 3. The third-order valence-corrected chi connectivity index (χ3v) is 10.3. The van der Waals surface area contributed by atoms with Gasteiger partial charge in [0, 0.05) is 11.3 Å². The Labute approximate surface area is 292 Å². The SMILES string of the molecule is CCCCOc1ccc(C2C(=C(O)c3ccc(OC)c(OC)c3)C(=O)C(=O)N2c2nnc(SCc3cccc4ccccc34)s2)cc1OC. The van der Waals surface area contributed by atoms with E-state index in [2.05, 4.69) is 41.4 Å². The second-order valence-corrected chi connectivity index (χ2v) is 13.3. The second kappa shape index (κ2) is 15.0. The van der Waals surface area contributed by atoms with Crippen LogP contribution in [0.3, 0.4) is 0 Å². The molecule has 1 aromatic heterocycles. The highest BCUT2D eigenvalue weighted by molar-refractivity contribution is 8.00. The van der Waals surface area contributed by atoms with E-state index in [1.165, 1.54) is 49.3 Å². The van der Waals surface area contributed by atoms with Crippen LogP contribution >= 0.6 is 23.1 Å². The van der Waals surface area contributed by atoms with Gasteiger partial charge in [0.15, 0.2) is 27.3 Å². The molecule has 0 aliphatic carbocycles. The number of aliphatic hydroxyl groups is 1. The van der Waals surface area contributed by atoms with E-state index >= 15 is 0 Å². The lowest BCUT2D eigenvalue weighted by atomic mass is 9.95. The third-order valence-electron chi connectivity index (χ3n) is 8.19. The molecule has 49 heavy (non-hydrogen) atoms. The van der Waals surface area contributed by atoms with Crippen molar-refractivity contribution < 1.29 is 33.6 Å². The van der Waals surface area contributed by atoms with Crippen LogP contribution in [-0.2, 0) is 15.3 Å². The summed E-state index contributed by atoms with van der Waals surface area (Å²) in [4.78, 5) is 29.0. The first kappa shape index (κ1) is 33.8. The van der Waals surface area contributed by atoms with Gasteiger partial charge in [-0.1, -0.05) is 85.0 Å². The fraction of sp³-hybridized carbons (Fsp3) is 0.243. The molecule has 12 heteroatoms. The first-order valence-corrected chi connectivity index (χ1v) is 17.5. The first-order chi connectivity index (χ1) is 23.9. The average molecular weight is 698 g/mol. The lowest BCUT2D eigenvalue weighted by molar-refractivity contribution is -0.132. The van der Waals surface area contributed by atoms with E-state index in [0.29, 0.717) is 45.3 Å². The van der Waals surface area contributed by atoms with Crippen LogP contribution in [0.1, 0.15) is 42.5 Å². The number of hydrogen-bond donors (Lipinski definition) is 1. The van der Waals surface area contributed by atoms with Crippen LogP contribution in [0, 0.1) is 0 Å². The number of anilines is 1. The monoisotopic (exact) mass is 697 g/mol. The molecule has 10 nitrogen and oxygen atoms in total. The van der Waals surface area contributed by atoms with Gasteiger partial charge in [0.25, 0.3) is 5.78 Å². The van der Waals surface area contributed by atoms with Gasteiger partial charge in [0.05, 0.1) is 39.6 Å². The van der Waals surface area contributed by atoms with Crippen molar-refractivity contribution in [3.8, 4) is 23.0 Å². The van der Waals surface area contributed by atoms with Gasteiger partial charge in [-0.25, -0.2) is 0 Å². The number of nitrogens with zero attached hydrogens (tertiary/aromatic N) is 3. The number of fused-ring (bicyclic) bond motifs is 1. The molecule has 1 unspecified atom stereocenters. The average Bonchev–Trinajstić information content (AvgIpc) is 3.71. The van der Waals surface area contributed by atoms with Crippen molar-refractivity contribution in [2.75, 3.05) is 32.8 Å². The van der Waals surface area contributed by atoms with Crippen molar-refractivity contribution in [3.63, 3.8) is 0 Å². The Kier molecular flexibility index (Phi) is 10.4. The predicted octanol–water partition coefficient (Wildman–Crippen LogP) is 7.81. The number of amides is 1. The van der Waals surface area contributed by atoms with Crippen LogP contribution in [0.5, 0.6) is 23.0 Å². The number of rotatable bonds is 13. The maximum Gasteiger partial charge on any atom is 0.301 e. The van der Waals surface area contributed by atoms with Crippen LogP contribution in [-0.4, -0.2) is 54.9 Å². The van der Waals surface area contributed by atoms with Crippen LogP contribution < -0.4 is 23.8 Å². The Morgan fingerprint density at radius 2 is 1.61 bits per heavy atom. The molecular formula is C37H35N3O7S2. The lowest BCUT2D eigenvalue weighted by Crippen LogP contribution is -2.29. The van der Waals surface area contributed by atoms with E-state index in [1.54, 1.807) is 36.4 Å². The number of hydrogen-bond acceptors (Lipinski definition) is 11. The zero-order valence-corrected chi connectivity index (χ0v) is 29.1. The Balaban J connectivity index is 1.40. The fourth-order valence-electron chi connectivity index (χ4n) is 5.70. The first-order valence-electron chi connectivity index (χ1n) is 15.7. The summed E-state index contributed by atoms with van der Waals surface area (Å²) in [6.45, 7) is 2.58. The van der Waals surface area contributed by atoms with Crippen molar-refractivity contribution in [1.82, 2.24) is 10.2 Å². The number of Topliss-reactive ketones (excluding diaryl/α,β-unsaturated/α-hetero) is 1. The van der Waals surface area contributed by atoms with Gasteiger partial charge in [-0.15, -0.1) is 10.2 Å². The molecule has 1 amide bonds. The molecule has 1 fully saturated rings. The summed E-state index contributed by atoms with van der Waals surface area (Å²) in [6.07, 6.45) is 1.84. The minimum Gasteiger partial charge on any atom is -0.507 e.